The fraction of sp³-hybridized carbons (Fsp3) is 0.345. The molecule has 6 aromatic rings. The number of carbonyl (C=O) groups excluding carboxylic acids is 3. The summed E-state index contributed by atoms with van der Waals surface area (Å²) in [5, 5.41) is 23.3. The second kappa shape index (κ2) is 22.7. The van der Waals surface area contributed by atoms with Gasteiger partial charge in [-0.2, -0.15) is 15.2 Å². The SMILES string of the molecule is C=C/C(c1c(Cl)cc2c(N3CCN(C(=O)C(=C)COC)CC3)nc(OCC34CCCN3CCC4)nc2c1F)=c1/c(C#N)c(N)s/c1=C\F.CC.O=CNc1cc2cc3c(nc2cc1F)-c1cc2c(c(=O)n1C3)COC(=O)C2O. The van der Waals surface area contributed by atoms with Gasteiger partial charge in [0.25, 0.3) is 11.5 Å². The Bertz CT molecular complexity index is 3700. The number of benzene rings is 2. The highest BCUT2D eigenvalue weighted by atomic mass is 35.5. The molecule has 4 aromatic heterocycles. The highest BCUT2D eigenvalue weighted by Crippen LogP contribution is 2.41. The van der Waals surface area contributed by atoms with Gasteiger partial charge in [-0.05, 0) is 68.6 Å². The third-order valence-electron chi connectivity index (χ3n) is 14.6. The van der Waals surface area contributed by atoms with Crippen LogP contribution in [-0.4, -0.2) is 118 Å². The predicted octanol–water partition coefficient (Wildman–Crippen LogP) is 6.14. The summed E-state index contributed by atoms with van der Waals surface area (Å²) in [5.74, 6) is -2.02. The molecule has 0 saturated carbocycles. The van der Waals surface area contributed by atoms with Crippen molar-refractivity contribution >= 4 is 91.4 Å². The number of thiophene rings is 1. The third kappa shape index (κ3) is 9.85. The quantitative estimate of drug-likeness (QED) is 0.0751. The van der Waals surface area contributed by atoms with Gasteiger partial charge in [0.15, 0.2) is 11.9 Å². The Hall–Kier alpha value is -7.68. The molecule has 0 spiro atoms. The number of esters is 1. The zero-order chi connectivity index (χ0) is 55.7. The van der Waals surface area contributed by atoms with Gasteiger partial charge in [0, 0.05) is 77.6 Å². The number of hydrogen-bond donors (Lipinski definition) is 3. The summed E-state index contributed by atoms with van der Waals surface area (Å²) < 4.78 is 62.8. The van der Waals surface area contributed by atoms with E-state index in [4.69, 9.17) is 36.5 Å². The van der Waals surface area contributed by atoms with E-state index in [-0.39, 0.29) is 102 Å². The number of nitriles is 1. The smallest absolute Gasteiger partial charge is 0.340 e. The lowest BCUT2D eigenvalue weighted by Gasteiger charge is -2.36. The van der Waals surface area contributed by atoms with Gasteiger partial charge in [-0.25, -0.2) is 22.9 Å². The number of aromatic nitrogens is 4. The minimum atomic E-state index is -1.53. The molecule has 3 saturated heterocycles. The van der Waals surface area contributed by atoms with Gasteiger partial charge >= 0.3 is 12.0 Å². The first-order chi connectivity index (χ1) is 37.6. The van der Waals surface area contributed by atoms with Crippen LogP contribution in [0.1, 0.15) is 73.5 Å². The van der Waals surface area contributed by atoms with Crippen LogP contribution in [0.25, 0.3) is 45.1 Å². The number of halogens is 4. The number of rotatable bonds is 11. The second-order valence-electron chi connectivity index (χ2n) is 18.9. The van der Waals surface area contributed by atoms with Crippen molar-refractivity contribution in [1.82, 2.24) is 29.3 Å². The molecule has 2 amide bonds. The molecule has 406 valence electrons. The van der Waals surface area contributed by atoms with Crippen LogP contribution in [0.3, 0.4) is 0 Å². The van der Waals surface area contributed by atoms with Crippen LogP contribution in [0.15, 0.2) is 59.9 Å². The summed E-state index contributed by atoms with van der Waals surface area (Å²) in [7, 11) is 1.51. The molecule has 1 unspecified atom stereocenters. The summed E-state index contributed by atoms with van der Waals surface area (Å²) in [5.41, 5.74) is 8.35. The van der Waals surface area contributed by atoms with Gasteiger partial charge in [0.1, 0.15) is 47.8 Å². The van der Waals surface area contributed by atoms with Gasteiger partial charge in [0.05, 0.1) is 62.0 Å². The van der Waals surface area contributed by atoms with Gasteiger partial charge < -0.3 is 44.7 Å². The average molecular weight is 1110 g/mol. The lowest BCUT2D eigenvalue weighted by Crippen LogP contribution is -2.49. The third-order valence-corrected chi connectivity index (χ3v) is 15.8. The number of piperazine rings is 1. The number of cyclic esters (lactones) is 1. The molecule has 1 atom stereocenters. The standard InChI is InChI=1S/C34H36ClF2N7O3S.C19H12FN3O5.C2H6/c1-4-21(26-23(17-38)30(39)48-25(26)16-36)27-24(35)15-22-29(28(27)37)40-33(47-19-34-7-5-9-44(34)10-6-8-34)41-31(22)42-11-13-43(14-12-42)32(45)20(2)18-46-3;20-12-4-13-8(2-14(12)21-7-24)1-9-5-23-15(16(9)22-13)3-10-11(18(23)26)6-28-19(27)17(10)25;1-2/h4,15-16H,1-2,5-14,18-19,39H2,3H3;1-4,7,17,25H,5-6H2,(H,21,24);1-2H3/b25-16-,26-21+;;. The number of methoxy groups -OCH3 is 1. The monoisotopic (exact) mass is 1110 g/mol. The number of carbonyl (C=O) groups is 3. The lowest BCUT2D eigenvalue weighted by molar-refractivity contribution is -0.157. The van der Waals surface area contributed by atoms with Crippen LogP contribution < -0.4 is 36.0 Å². The van der Waals surface area contributed by atoms with Crippen molar-refractivity contribution in [3.05, 3.63) is 120 Å². The Morgan fingerprint density at radius 2 is 1.82 bits per heavy atom. The van der Waals surface area contributed by atoms with Crippen molar-refractivity contribution in [3.8, 4) is 23.5 Å². The van der Waals surface area contributed by atoms with E-state index in [2.05, 4.69) is 33.3 Å². The molecule has 5 aliphatic rings. The van der Waals surface area contributed by atoms with E-state index >= 15 is 4.39 Å². The summed E-state index contributed by atoms with van der Waals surface area (Å²) in [4.78, 5) is 67.9. The molecule has 3 fully saturated rings. The number of allylic oxidation sites excluding steroid dienone is 1. The number of nitrogens with zero attached hydrogens (tertiary/aromatic N) is 8. The largest absolute Gasteiger partial charge is 0.461 e. The topological polar surface area (TPSA) is 231 Å². The number of ether oxygens (including phenoxy) is 3. The van der Waals surface area contributed by atoms with Crippen LogP contribution in [0, 0.1) is 23.0 Å². The van der Waals surface area contributed by atoms with Crippen LogP contribution in [0.4, 0.5) is 29.7 Å². The molecule has 9 heterocycles. The maximum atomic E-state index is 16.9. The minimum Gasteiger partial charge on any atom is -0.461 e. The first-order valence-corrected chi connectivity index (χ1v) is 26.3. The average Bonchev–Trinajstić information content (AvgIpc) is 4.35. The fourth-order valence-corrected chi connectivity index (χ4v) is 12.1. The maximum absolute atomic E-state index is 16.9. The van der Waals surface area contributed by atoms with E-state index in [9.17, 15) is 38.3 Å². The number of aliphatic hydroxyl groups excluding tert-OH is 1. The van der Waals surface area contributed by atoms with E-state index in [1.165, 1.54) is 29.9 Å². The number of anilines is 3. The Balaban J connectivity index is 0.000000208. The van der Waals surface area contributed by atoms with Crippen LogP contribution >= 0.6 is 22.9 Å². The van der Waals surface area contributed by atoms with Crippen LogP contribution in [0.2, 0.25) is 5.02 Å². The maximum Gasteiger partial charge on any atom is 0.340 e. The van der Waals surface area contributed by atoms with Gasteiger partial charge in [-0.15, -0.1) is 11.3 Å². The Morgan fingerprint density at radius 1 is 1.09 bits per heavy atom. The number of hydrogen-bond acceptors (Lipinski definition) is 16. The molecule has 0 aliphatic carbocycles. The van der Waals surface area contributed by atoms with Crippen molar-refractivity contribution in [1.29, 1.82) is 5.26 Å². The summed E-state index contributed by atoms with van der Waals surface area (Å²) in [6.45, 7) is 15.8. The fourth-order valence-electron chi connectivity index (χ4n) is 10.9. The Labute approximate surface area is 454 Å². The molecule has 2 aromatic carbocycles. The van der Waals surface area contributed by atoms with Crippen molar-refractivity contribution in [2.24, 2.45) is 0 Å². The van der Waals surface area contributed by atoms with E-state index in [1.807, 2.05) is 24.8 Å². The van der Waals surface area contributed by atoms with E-state index in [1.54, 1.807) is 23.1 Å². The van der Waals surface area contributed by atoms with Crippen LogP contribution in [0.5, 0.6) is 6.01 Å². The predicted molar refractivity (Wildman–Crippen MR) is 290 cm³/mol. The van der Waals surface area contributed by atoms with Crippen molar-refractivity contribution in [3.63, 3.8) is 0 Å². The first kappa shape index (κ1) is 55.1. The van der Waals surface area contributed by atoms with Gasteiger partial charge in [0.2, 0.25) is 6.41 Å². The van der Waals surface area contributed by atoms with Crippen molar-refractivity contribution < 1.29 is 46.9 Å². The molecule has 4 N–H and O–H groups in total. The van der Waals surface area contributed by atoms with Gasteiger partial charge in [-0.3, -0.25) is 19.3 Å². The number of nitrogen functional groups attached to an aromatic ring is 1. The van der Waals surface area contributed by atoms with Crippen molar-refractivity contribution in [2.45, 2.75) is 64.3 Å². The van der Waals surface area contributed by atoms with E-state index < -0.39 is 23.7 Å². The van der Waals surface area contributed by atoms with E-state index in [0.29, 0.717) is 84.6 Å². The highest BCUT2D eigenvalue weighted by Gasteiger charge is 2.45. The highest BCUT2D eigenvalue weighted by molar-refractivity contribution is 7.14. The van der Waals surface area contributed by atoms with Crippen LogP contribution in [-0.2, 0) is 37.0 Å². The van der Waals surface area contributed by atoms with E-state index in [0.717, 1.165) is 55.7 Å². The molecular formula is C55H54ClF3N10O8S. The number of amides is 2. The lowest BCUT2D eigenvalue weighted by atomic mass is 9.95. The first-order valence-electron chi connectivity index (χ1n) is 25.1. The Kier molecular flexibility index (Phi) is 16.1. The summed E-state index contributed by atoms with van der Waals surface area (Å²) in [6.07, 6.45) is 4.68. The molecule has 78 heavy (non-hydrogen) atoms. The number of pyridine rings is 2. The molecule has 0 radical (unpaired) electrons. The normalized spacial score (nSPS) is 17.6. The summed E-state index contributed by atoms with van der Waals surface area (Å²) >= 11 is 7.68. The molecule has 0 bridgehead atoms. The number of aliphatic hydroxyl groups is 1. The molecule has 23 heteroatoms. The number of nitrogens with one attached hydrogen (secondary N) is 1. The summed E-state index contributed by atoms with van der Waals surface area (Å²) in [6, 6.07) is 9.58. The molecular weight excluding hydrogens is 1050 g/mol. The zero-order valence-corrected chi connectivity index (χ0v) is 44.5. The zero-order valence-electron chi connectivity index (χ0n) is 42.9. The van der Waals surface area contributed by atoms with Gasteiger partial charge in [-0.1, -0.05) is 44.7 Å². The number of fused-ring (bicyclic) bond motifs is 7. The minimum absolute atomic E-state index is 0.000649. The molecule has 11 rings (SSSR count). The van der Waals surface area contributed by atoms with Crippen molar-refractivity contribution in [2.75, 3.05) is 75.5 Å². The Morgan fingerprint density at radius 3 is 2.49 bits per heavy atom. The second-order valence-corrected chi connectivity index (χ2v) is 20.4. The molecule has 5 aliphatic heterocycles. The number of nitrogens with two attached hydrogens (primary N) is 1. The molecule has 18 nitrogen and oxygen atoms in total.